The van der Waals surface area contributed by atoms with Gasteiger partial charge in [0, 0.05) is 10.8 Å². The van der Waals surface area contributed by atoms with Crippen LogP contribution >= 0.6 is 0 Å². The third-order valence-corrected chi connectivity index (χ3v) is 36.0. The van der Waals surface area contributed by atoms with E-state index < -0.39 is 132 Å². The normalized spacial score (nSPS) is 31.3. The minimum atomic E-state index is -7.05. The lowest BCUT2D eigenvalue weighted by Crippen LogP contribution is -2.62. The zero-order valence-electron chi connectivity index (χ0n) is 66.2. The Hall–Kier alpha value is -4.91. The summed E-state index contributed by atoms with van der Waals surface area (Å²) in [6.07, 6.45) is 27.0. The van der Waals surface area contributed by atoms with Crippen LogP contribution in [-0.2, 0) is 81.4 Å². The molecule has 0 atom stereocenters. The van der Waals surface area contributed by atoms with Crippen LogP contribution in [0.3, 0.4) is 0 Å². The fourth-order valence-electron chi connectivity index (χ4n) is 24.5. The van der Waals surface area contributed by atoms with E-state index in [2.05, 4.69) is 0 Å². The van der Waals surface area contributed by atoms with E-state index in [4.69, 9.17) is 27.7 Å². The van der Waals surface area contributed by atoms with Gasteiger partial charge in [-0.15, -0.1) is 0 Å². The van der Waals surface area contributed by atoms with Gasteiger partial charge in [0.15, 0.2) is 0 Å². The van der Waals surface area contributed by atoms with Gasteiger partial charge in [-0.3, -0.25) is 22.8 Å². The molecule has 120 heavy (non-hydrogen) atoms. The highest BCUT2D eigenvalue weighted by Gasteiger charge is 2.83. The first-order chi connectivity index (χ1) is 55.0. The van der Waals surface area contributed by atoms with Crippen molar-refractivity contribution in [2.24, 2.45) is 87.3 Å². The van der Waals surface area contributed by atoms with Crippen molar-refractivity contribution in [1.82, 2.24) is 0 Å². The standard InChI is InChI=1S/2C17H22O4S.C16H20F6O5S2.C16H20O3S.C14H18F6O5S2/c18-22(19,20)16-3-1-15(2-4-16)21-11-17-8-12-5-13(9-17)7-14(6-12)10-17;18-22(19,20)16-4-2-1-3-15(16)21-11-17-8-12-5-13(9-17)7-14(6-12)10-17;1-9(2)11-6-5-7-12(10(3)4)13(11)8-28(23,24)15(19,20)14(17,18)16(21,22)29(25,26)27;17-20(18,19)15-3-1-14(2-4-15)16-8-11-5-12(9-16)7-13(6-11)10-16;15-12(16,14(19,20)27(23,24)25)13(17,18)26(21,22)7-11-4-8-1-9(5-11)3-10(2-8)6-11/h2*1-4,12-14H,5-11H2,(H,18,19,20);5-7,9-10H,8H2,1-4H3,(H,25,26,27);1-4,11-13H,5-10H2,(H,17,18,19);8-10H,1-7H2,(H,23,24,25). The summed E-state index contributed by atoms with van der Waals surface area (Å²) in [5, 5.41) is -26.3. The Morgan fingerprint density at radius 2 is 0.650 bits per heavy atom. The van der Waals surface area contributed by atoms with Crippen molar-refractivity contribution in [1.29, 1.82) is 0 Å². The van der Waals surface area contributed by atoms with Gasteiger partial charge in [-0.2, -0.15) is 94.8 Å². The Kier molecular flexibility index (Phi) is 25.7. The Bertz CT molecular complexity index is 5140. The molecule has 0 saturated heterocycles. The smallest absolute Gasteiger partial charge is 0.439 e. The second-order valence-electron chi connectivity index (χ2n) is 37.8. The summed E-state index contributed by atoms with van der Waals surface area (Å²) in [4.78, 5) is -0.208. The predicted molar refractivity (Wildman–Crippen MR) is 415 cm³/mol. The zero-order chi connectivity index (χ0) is 88.6. The summed E-state index contributed by atoms with van der Waals surface area (Å²) in [7, 11) is -39.0. The SMILES string of the molecule is CC(C)c1cccc(C(C)C)c1CS(=O)(=O)C(F)(F)C(F)(F)C(F)(F)S(=O)(=O)O.O=S(=O)(O)C(F)(F)C(F)(F)C(F)(F)S(=O)(=O)CC12CC3CC(CC(C3)C1)C2.O=S(=O)(O)c1ccc(C23CC4CC(CC(C4)C2)C3)cc1.O=S(=O)(O)c1ccc(OCC23CC4CC(CC(C4)C2)C3)cc1.O=S(=O)(O)c1ccccc1OCC12CC3CC(CC(C3)C1)C2. The average Bonchev–Trinajstić information content (AvgIpc) is 0.715. The molecule has 0 aromatic heterocycles. The van der Waals surface area contributed by atoms with Crippen LogP contribution in [0.2, 0.25) is 0 Å². The van der Waals surface area contributed by atoms with E-state index in [1.54, 1.807) is 70.2 Å². The van der Waals surface area contributed by atoms with Crippen molar-refractivity contribution in [2.75, 3.05) is 19.0 Å². The van der Waals surface area contributed by atoms with Crippen molar-refractivity contribution in [3.63, 3.8) is 0 Å². The molecule has 0 heterocycles. The van der Waals surface area contributed by atoms with E-state index in [0.29, 0.717) is 17.8 Å². The summed E-state index contributed by atoms with van der Waals surface area (Å²) < 4.78 is 378. The van der Waals surface area contributed by atoms with Gasteiger partial charge >= 0.3 is 53.1 Å². The molecule has 4 aromatic carbocycles. The van der Waals surface area contributed by atoms with Crippen molar-refractivity contribution in [2.45, 2.75) is 252 Å². The molecular formula is C80H102F12O21S7. The third-order valence-electron chi connectivity index (χ3n) is 27.8. The second-order valence-corrected chi connectivity index (χ2v) is 49.0. The van der Waals surface area contributed by atoms with E-state index in [1.807, 2.05) is 12.1 Å². The van der Waals surface area contributed by atoms with Gasteiger partial charge in [0.05, 0.1) is 34.5 Å². The fourth-order valence-corrected chi connectivity index (χ4v) is 30.4. The number of hydrogen-bond acceptors (Lipinski definition) is 16. The molecule has 16 aliphatic carbocycles. The Morgan fingerprint density at radius 3 is 0.967 bits per heavy atom. The molecule has 21 nitrogen and oxygen atoms in total. The van der Waals surface area contributed by atoms with Gasteiger partial charge in [-0.05, 0) is 319 Å². The second kappa shape index (κ2) is 32.7. The van der Waals surface area contributed by atoms with Crippen LogP contribution < -0.4 is 9.47 Å². The average molecular weight is 1850 g/mol. The number of hydrogen-bond donors (Lipinski definition) is 5. The van der Waals surface area contributed by atoms with E-state index in [9.17, 15) is 116 Å². The van der Waals surface area contributed by atoms with E-state index in [0.717, 1.165) is 79.1 Å². The van der Waals surface area contributed by atoms with Crippen molar-refractivity contribution < 1.29 is 144 Å². The predicted octanol–water partition coefficient (Wildman–Crippen LogP) is 18.3. The number of benzene rings is 4. The molecule has 0 aliphatic heterocycles. The first-order valence-electron chi connectivity index (χ1n) is 40.2. The first-order valence-corrected chi connectivity index (χ1v) is 50.7. The van der Waals surface area contributed by atoms with Gasteiger partial charge in [-0.1, -0.05) is 70.2 Å². The molecule has 40 heteroatoms. The number of ether oxygens (including phenoxy) is 2. The number of alkyl halides is 12. The fraction of sp³-hybridized carbons (Fsp3) is 0.700. The van der Waals surface area contributed by atoms with Crippen LogP contribution in [-0.4, -0.2) is 134 Å². The van der Waals surface area contributed by atoms with Crippen LogP contribution in [0.25, 0.3) is 0 Å². The molecule has 16 aliphatic rings. The Labute approximate surface area is 693 Å². The van der Waals surface area contributed by atoms with Crippen LogP contribution in [0.4, 0.5) is 52.7 Å². The lowest BCUT2D eigenvalue weighted by molar-refractivity contribution is -0.245. The monoisotopic (exact) mass is 1850 g/mol. The summed E-state index contributed by atoms with van der Waals surface area (Å²) in [5.41, 5.74) is 1.12. The minimum absolute atomic E-state index is 0.00554. The molecule has 0 amide bonds. The quantitative estimate of drug-likeness (QED) is 0.0321. The molecule has 5 N–H and O–H groups in total. The topological polar surface area (TPSA) is 359 Å². The summed E-state index contributed by atoms with van der Waals surface area (Å²) in [6, 6.07) is 23.6. The highest BCUT2D eigenvalue weighted by molar-refractivity contribution is 7.93. The number of halogens is 12. The largest absolute Gasteiger partial charge is 0.493 e. The maximum atomic E-state index is 14.2. The van der Waals surface area contributed by atoms with E-state index >= 15 is 0 Å². The van der Waals surface area contributed by atoms with Gasteiger partial charge in [-0.25, -0.2) is 16.8 Å². The molecule has 674 valence electrons. The highest BCUT2D eigenvalue weighted by Crippen LogP contribution is 2.66. The van der Waals surface area contributed by atoms with Crippen molar-refractivity contribution in [3.8, 4) is 11.5 Å². The summed E-state index contributed by atoms with van der Waals surface area (Å²) in [5.74, 6) is -8.72. The third kappa shape index (κ3) is 18.8. The van der Waals surface area contributed by atoms with Crippen LogP contribution in [0.1, 0.15) is 216 Å². The highest BCUT2D eigenvalue weighted by atomic mass is 32.2. The van der Waals surface area contributed by atoms with Gasteiger partial charge in [0.1, 0.15) is 16.4 Å². The van der Waals surface area contributed by atoms with Gasteiger partial charge in [0.25, 0.3) is 30.4 Å². The Balaban J connectivity index is 0.000000138. The first kappa shape index (κ1) is 94.2. The van der Waals surface area contributed by atoms with Crippen LogP contribution in [0.5, 0.6) is 11.5 Å². The molecule has 16 fully saturated rings. The molecule has 20 rings (SSSR count). The van der Waals surface area contributed by atoms with E-state index in [1.165, 1.54) is 158 Å². The van der Waals surface area contributed by atoms with Crippen LogP contribution in [0.15, 0.2) is 106 Å². The minimum Gasteiger partial charge on any atom is -0.493 e. The van der Waals surface area contributed by atoms with Gasteiger partial charge < -0.3 is 9.47 Å². The molecular weight excluding hydrogens is 1750 g/mol. The number of rotatable bonds is 24. The lowest BCUT2D eigenvalue weighted by atomic mass is 9.48. The van der Waals surface area contributed by atoms with Crippen molar-refractivity contribution in [3.05, 3.63) is 113 Å². The maximum absolute atomic E-state index is 14.2. The van der Waals surface area contributed by atoms with E-state index in [-0.39, 0.29) is 85.0 Å². The number of sulfone groups is 2. The summed E-state index contributed by atoms with van der Waals surface area (Å²) in [6.45, 7) is 7.62. The molecule has 4 aromatic rings. The molecule has 16 bridgehead atoms. The molecule has 0 unspecified atom stereocenters. The van der Waals surface area contributed by atoms with Crippen molar-refractivity contribution >= 4 is 70.3 Å². The van der Waals surface area contributed by atoms with Gasteiger partial charge in [0.2, 0.25) is 19.7 Å². The Morgan fingerprint density at radius 1 is 0.350 bits per heavy atom. The maximum Gasteiger partial charge on any atom is 0.439 e. The number of para-hydroxylation sites is 1. The van der Waals surface area contributed by atoms with Crippen LogP contribution in [0, 0.1) is 87.3 Å². The lowest BCUT2D eigenvalue weighted by Gasteiger charge is -2.57. The summed E-state index contributed by atoms with van der Waals surface area (Å²) >= 11 is 0. The molecule has 16 saturated carbocycles. The molecule has 0 radical (unpaired) electrons. The zero-order valence-corrected chi connectivity index (χ0v) is 71.9. The molecule has 0 spiro atoms.